The number of ketones is 1. The Labute approximate surface area is 141 Å². The van der Waals surface area contributed by atoms with Crippen molar-refractivity contribution in [3.8, 4) is 0 Å². The summed E-state index contributed by atoms with van der Waals surface area (Å²) < 4.78 is 0. The number of amides is 1. The van der Waals surface area contributed by atoms with Crippen LogP contribution in [0.2, 0.25) is 0 Å². The number of carbonyl (C=O) groups is 2. The predicted octanol–water partition coefficient (Wildman–Crippen LogP) is 4.43. The van der Waals surface area contributed by atoms with Crippen molar-refractivity contribution in [3.63, 3.8) is 0 Å². The second-order valence-electron chi connectivity index (χ2n) is 7.21. The molecule has 1 aromatic rings. The second kappa shape index (κ2) is 5.90. The van der Waals surface area contributed by atoms with Crippen LogP contribution in [0, 0.1) is 0 Å². The van der Waals surface area contributed by atoms with Crippen molar-refractivity contribution >= 4 is 23.0 Å². The van der Waals surface area contributed by atoms with Crippen LogP contribution in [0.1, 0.15) is 78.1 Å². The molecule has 1 amide bonds. The van der Waals surface area contributed by atoms with E-state index in [2.05, 4.69) is 6.58 Å². The Morgan fingerprint density at radius 3 is 2.70 bits per heavy atom. The van der Waals surface area contributed by atoms with Gasteiger partial charge in [0.05, 0.1) is 11.6 Å². The molecular weight excluding hydrogens is 306 g/mol. The molecule has 2 fully saturated rings. The maximum absolute atomic E-state index is 12.8. The molecule has 0 aromatic carbocycles. The first-order chi connectivity index (χ1) is 11.1. The van der Waals surface area contributed by atoms with E-state index in [1.807, 2.05) is 10.3 Å². The lowest BCUT2D eigenvalue weighted by atomic mass is 10.0. The Morgan fingerprint density at radius 2 is 1.91 bits per heavy atom. The minimum Gasteiger partial charge on any atom is -0.324 e. The van der Waals surface area contributed by atoms with Crippen molar-refractivity contribution < 1.29 is 9.59 Å². The van der Waals surface area contributed by atoms with Gasteiger partial charge in [-0.3, -0.25) is 9.59 Å². The summed E-state index contributed by atoms with van der Waals surface area (Å²) in [7, 11) is 0. The molecule has 0 N–H and O–H groups in total. The summed E-state index contributed by atoms with van der Waals surface area (Å²) in [5.74, 6) is 0.893. The van der Waals surface area contributed by atoms with Gasteiger partial charge in [0.1, 0.15) is 0 Å². The van der Waals surface area contributed by atoms with Crippen molar-refractivity contribution in [1.29, 1.82) is 0 Å². The van der Waals surface area contributed by atoms with Crippen molar-refractivity contribution in [2.75, 3.05) is 0 Å². The molecule has 0 spiro atoms. The largest absolute Gasteiger partial charge is 0.324 e. The summed E-state index contributed by atoms with van der Waals surface area (Å²) in [4.78, 5) is 28.6. The average Bonchev–Trinajstić information content (AvgIpc) is 3.20. The zero-order chi connectivity index (χ0) is 16.0. The van der Waals surface area contributed by atoms with Crippen LogP contribution in [-0.4, -0.2) is 22.6 Å². The molecule has 2 heterocycles. The van der Waals surface area contributed by atoms with Crippen LogP contribution in [-0.2, 0) is 11.3 Å². The molecule has 1 atom stereocenters. The lowest BCUT2D eigenvalue weighted by Crippen LogP contribution is -2.40. The minimum absolute atomic E-state index is 0.0753. The van der Waals surface area contributed by atoms with Crippen molar-refractivity contribution in [2.45, 2.75) is 69.9 Å². The Hall–Kier alpha value is -1.42. The molecule has 122 valence electrons. The lowest BCUT2D eigenvalue weighted by Gasteiger charge is -2.25. The summed E-state index contributed by atoms with van der Waals surface area (Å²) >= 11 is 1.76. The fourth-order valence-electron chi connectivity index (χ4n) is 4.41. The molecule has 1 aliphatic heterocycles. The summed E-state index contributed by atoms with van der Waals surface area (Å²) in [6, 6.07) is -0.240. The second-order valence-corrected chi connectivity index (χ2v) is 8.12. The van der Waals surface area contributed by atoms with Gasteiger partial charge in [-0.15, -0.1) is 11.3 Å². The van der Waals surface area contributed by atoms with Crippen LogP contribution in [0.15, 0.2) is 17.5 Å². The summed E-state index contributed by atoms with van der Waals surface area (Å²) in [5.41, 5.74) is 3.11. The molecule has 3 aliphatic rings. The Kier molecular flexibility index (Phi) is 3.88. The predicted molar refractivity (Wildman–Crippen MR) is 91.8 cm³/mol. The number of Topliss-reactive ketones (excluding diaryl/α,β-unsaturated/α-hetero) is 1. The van der Waals surface area contributed by atoms with Crippen LogP contribution >= 0.6 is 11.3 Å². The number of nitrogens with zero attached hydrogens (tertiary/aromatic N) is 1. The van der Waals surface area contributed by atoms with Gasteiger partial charge in [-0.2, -0.15) is 0 Å². The minimum atomic E-state index is -0.240. The van der Waals surface area contributed by atoms with Crippen molar-refractivity contribution in [3.05, 3.63) is 33.5 Å². The first kappa shape index (κ1) is 15.1. The summed E-state index contributed by atoms with van der Waals surface area (Å²) in [5, 5.41) is 2.03. The number of hydrogen-bond donors (Lipinski definition) is 0. The molecule has 0 radical (unpaired) electrons. The molecule has 1 unspecified atom stereocenters. The molecular formula is C19H23NO2S. The highest BCUT2D eigenvalue weighted by Gasteiger charge is 2.39. The van der Waals surface area contributed by atoms with Crippen LogP contribution < -0.4 is 0 Å². The quantitative estimate of drug-likeness (QED) is 0.594. The zero-order valence-corrected chi connectivity index (χ0v) is 14.3. The monoisotopic (exact) mass is 329 g/mol. The highest BCUT2D eigenvalue weighted by molar-refractivity contribution is 7.10. The highest BCUT2D eigenvalue weighted by atomic mass is 32.1. The maximum Gasteiger partial charge on any atom is 0.255 e. The average molecular weight is 329 g/mol. The van der Waals surface area contributed by atoms with E-state index >= 15 is 0 Å². The molecule has 0 bridgehead atoms. The first-order valence-electron chi connectivity index (χ1n) is 8.75. The normalized spacial score (nSPS) is 26.0. The Balaban J connectivity index is 1.59. The maximum atomic E-state index is 12.8. The van der Waals surface area contributed by atoms with Crippen LogP contribution in [0.4, 0.5) is 0 Å². The van der Waals surface area contributed by atoms with E-state index in [0.29, 0.717) is 18.9 Å². The molecule has 1 aromatic heterocycles. The fraction of sp³-hybridized carbons (Fsp3) is 0.579. The Morgan fingerprint density at radius 1 is 1.13 bits per heavy atom. The Bertz CT molecular complexity index is 669. The zero-order valence-electron chi connectivity index (χ0n) is 13.5. The lowest BCUT2D eigenvalue weighted by molar-refractivity contribution is -0.122. The van der Waals surface area contributed by atoms with Gasteiger partial charge in [-0.1, -0.05) is 25.0 Å². The highest BCUT2D eigenvalue weighted by Crippen LogP contribution is 2.43. The number of fused-ring (bicyclic) bond motifs is 1. The molecule has 4 heteroatoms. The van der Waals surface area contributed by atoms with E-state index < -0.39 is 0 Å². The summed E-state index contributed by atoms with van der Waals surface area (Å²) in [6.45, 7) is 4.62. The van der Waals surface area contributed by atoms with Gasteiger partial charge in [0.2, 0.25) is 0 Å². The van der Waals surface area contributed by atoms with Crippen LogP contribution in [0.3, 0.4) is 0 Å². The fourth-order valence-corrected chi connectivity index (χ4v) is 5.64. The van der Waals surface area contributed by atoms with Gasteiger partial charge in [-0.25, -0.2) is 0 Å². The van der Waals surface area contributed by atoms with Gasteiger partial charge in [-0.05, 0) is 43.6 Å². The van der Waals surface area contributed by atoms with E-state index in [0.717, 1.165) is 30.4 Å². The molecule has 4 rings (SSSR count). The first-order valence-corrected chi connectivity index (χ1v) is 9.63. The molecule has 3 nitrogen and oxygen atoms in total. The number of allylic oxidation sites excluding steroid dienone is 1. The van der Waals surface area contributed by atoms with Crippen molar-refractivity contribution in [1.82, 2.24) is 4.90 Å². The van der Waals surface area contributed by atoms with Crippen LogP contribution in [0.5, 0.6) is 0 Å². The standard InChI is InChI=1S/C19H23NO2S/c1-12-5-4-8-16(17(21)9-12)20-10-14-15(19(20)22)11-23-18(14)13-6-2-3-7-13/h11,13,16H,1-10H2. The number of rotatable bonds is 2. The van der Waals surface area contributed by atoms with E-state index in [1.54, 1.807) is 11.3 Å². The van der Waals surface area contributed by atoms with Crippen LogP contribution in [0.25, 0.3) is 0 Å². The number of carbonyl (C=O) groups excluding carboxylic acids is 2. The van der Waals surface area contributed by atoms with E-state index in [-0.39, 0.29) is 17.7 Å². The third-order valence-corrected chi connectivity index (χ3v) is 6.84. The molecule has 23 heavy (non-hydrogen) atoms. The van der Waals surface area contributed by atoms with E-state index in [9.17, 15) is 9.59 Å². The van der Waals surface area contributed by atoms with Gasteiger partial charge in [0, 0.05) is 23.2 Å². The molecule has 2 saturated carbocycles. The van der Waals surface area contributed by atoms with Gasteiger partial charge >= 0.3 is 0 Å². The summed E-state index contributed by atoms with van der Waals surface area (Å²) in [6.07, 6.45) is 8.22. The van der Waals surface area contributed by atoms with Gasteiger partial charge in [0.15, 0.2) is 5.78 Å². The number of thiophene rings is 1. The smallest absolute Gasteiger partial charge is 0.255 e. The topological polar surface area (TPSA) is 37.4 Å². The van der Waals surface area contributed by atoms with Gasteiger partial charge in [0.25, 0.3) is 5.91 Å². The van der Waals surface area contributed by atoms with Gasteiger partial charge < -0.3 is 4.90 Å². The third-order valence-electron chi connectivity index (χ3n) is 5.65. The third kappa shape index (κ3) is 2.57. The van der Waals surface area contributed by atoms with Crippen molar-refractivity contribution in [2.24, 2.45) is 0 Å². The van der Waals surface area contributed by atoms with E-state index in [1.165, 1.54) is 36.1 Å². The molecule has 0 saturated heterocycles. The molecule has 2 aliphatic carbocycles. The number of hydrogen-bond acceptors (Lipinski definition) is 3. The SMILES string of the molecule is C=C1CCCC(N2Cc3c(csc3C3CCCC3)C2=O)C(=O)C1. The van der Waals surface area contributed by atoms with E-state index in [4.69, 9.17) is 0 Å².